The minimum atomic E-state index is -0.979. The molecule has 0 aliphatic heterocycles. The van der Waals surface area contributed by atoms with Gasteiger partial charge >= 0.3 is 11.9 Å². The first-order chi connectivity index (χ1) is 11.1. The molecule has 0 heterocycles. The van der Waals surface area contributed by atoms with Crippen molar-refractivity contribution in [1.82, 2.24) is 0 Å². The largest absolute Gasteiger partial charge is 0.462 e. The first-order valence-electron chi connectivity index (χ1n) is 7.51. The van der Waals surface area contributed by atoms with Crippen molar-refractivity contribution in [1.29, 1.82) is 0 Å². The van der Waals surface area contributed by atoms with Crippen LogP contribution in [0.1, 0.15) is 45.6 Å². The Labute approximate surface area is 151 Å². The van der Waals surface area contributed by atoms with Crippen molar-refractivity contribution in [3.63, 3.8) is 0 Å². The zero-order valence-electron chi connectivity index (χ0n) is 14.0. The molecule has 0 spiro atoms. The van der Waals surface area contributed by atoms with E-state index in [1.165, 1.54) is 12.1 Å². The molecule has 1 rings (SSSR count). The van der Waals surface area contributed by atoms with Crippen LogP contribution in [0.15, 0.2) is 18.2 Å². The Morgan fingerprint density at radius 2 is 1.54 bits per heavy atom. The van der Waals surface area contributed by atoms with Crippen LogP contribution < -0.4 is 0 Å². The first-order valence-corrected chi connectivity index (χ1v) is 8.26. The van der Waals surface area contributed by atoms with Gasteiger partial charge < -0.3 is 9.47 Å². The number of halogens is 2. The summed E-state index contributed by atoms with van der Waals surface area (Å²) < 4.78 is 10.0. The smallest absolute Gasteiger partial charge is 0.374 e. The molecule has 24 heavy (non-hydrogen) atoms. The average Bonchev–Trinajstić information content (AvgIpc) is 2.45. The molecular weight excluding hydrogens is 355 g/mol. The van der Waals surface area contributed by atoms with Crippen LogP contribution in [-0.4, -0.2) is 29.9 Å². The van der Waals surface area contributed by atoms with E-state index in [-0.39, 0.29) is 17.5 Å². The van der Waals surface area contributed by atoms with E-state index < -0.39 is 29.7 Å². The Balaban J connectivity index is 3.05. The molecule has 132 valence electrons. The summed E-state index contributed by atoms with van der Waals surface area (Å²) in [6.45, 7) is 6.65. The van der Waals surface area contributed by atoms with Gasteiger partial charge in [0.2, 0.25) is 5.78 Å². The van der Waals surface area contributed by atoms with Gasteiger partial charge in [-0.3, -0.25) is 9.59 Å². The number of carbonyl (C=O) groups is 3. The van der Waals surface area contributed by atoms with Gasteiger partial charge in [0.25, 0.3) is 0 Å². The van der Waals surface area contributed by atoms with E-state index in [0.717, 1.165) is 0 Å². The molecule has 0 radical (unpaired) electrons. The predicted octanol–water partition coefficient (Wildman–Crippen LogP) is 3.94. The van der Waals surface area contributed by atoms with Gasteiger partial charge in [-0.05, 0) is 45.4 Å². The Morgan fingerprint density at radius 1 is 0.958 bits per heavy atom. The molecule has 0 bridgehead atoms. The Morgan fingerprint density at radius 3 is 2.04 bits per heavy atom. The highest BCUT2D eigenvalue weighted by molar-refractivity contribution is 6.42. The van der Waals surface area contributed by atoms with E-state index >= 15 is 0 Å². The molecule has 1 aromatic carbocycles. The molecule has 5 nitrogen and oxygen atoms in total. The summed E-state index contributed by atoms with van der Waals surface area (Å²) in [6, 6.07) is 4.57. The summed E-state index contributed by atoms with van der Waals surface area (Å²) in [6.07, 6.45) is -1.15. The van der Waals surface area contributed by atoms with Crippen molar-refractivity contribution in [2.24, 2.45) is 0 Å². The lowest BCUT2D eigenvalue weighted by Crippen LogP contribution is -2.27. The lowest BCUT2D eigenvalue weighted by Gasteiger charge is -2.18. The SMILES string of the molecule is CC(C)OC(=O)C(=O)CC(C(=O)OC(C)C)c1ccc(Cl)c(Cl)c1. The van der Waals surface area contributed by atoms with Crippen LogP contribution in [0, 0.1) is 0 Å². The van der Waals surface area contributed by atoms with Gasteiger partial charge in [-0.1, -0.05) is 29.3 Å². The number of hydrogen-bond acceptors (Lipinski definition) is 5. The molecule has 1 unspecified atom stereocenters. The van der Waals surface area contributed by atoms with Gasteiger partial charge in [-0.15, -0.1) is 0 Å². The fourth-order valence-corrected chi connectivity index (χ4v) is 2.24. The molecule has 7 heteroatoms. The highest BCUT2D eigenvalue weighted by Gasteiger charge is 2.30. The summed E-state index contributed by atoms with van der Waals surface area (Å²) in [5.41, 5.74) is 0.445. The van der Waals surface area contributed by atoms with Crippen LogP contribution in [0.4, 0.5) is 0 Å². The molecule has 0 aromatic heterocycles. The van der Waals surface area contributed by atoms with Crippen LogP contribution >= 0.6 is 23.2 Å². The maximum Gasteiger partial charge on any atom is 0.374 e. The van der Waals surface area contributed by atoms with Crippen LogP contribution in [0.5, 0.6) is 0 Å². The zero-order valence-corrected chi connectivity index (χ0v) is 15.5. The Bertz CT molecular complexity index is 625. The summed E-state index contributed by atoms with van der Waals surface area (Å²) in [4.78, 5) is 36.1. The van der Waals surface area contributed by atoms with Crippen molar-refractivity contribution >= 4 is 40.9 Å². The number of esters is 2. The van der Waals surface area contributed by atoms with E-state index in [1.807, 2.05) is 0 Å². The minimum absolute atomic E-state index is 0.244. The lowest BCUT2D eigenvalue weighted by atomic mass is 9.93. The number of ether oxygens (including phenoxy) is 2. The molecule has 0 saturated carbocycles. The molecule has 0 N–H and O–H groups in total. The third-order valence-electron chi connectivity index (χ3n) is 2.94. The van der Waals surface area contributed by atoms with Crippen LogP contribution in [-0.2, 0) is 23.9 Å². The summed E-state index contributed by atoms with van der Waals surface area (Å²) >= 11 is 11.8. The number of rotatable bonds is 7. The lowest BCUT2D eigenvalue weighted by molar-refractivity contribution is -0.158. The van der Waals surface area contributed by atoms with Crippen molar-refractivity contribution in [3.05, 3.63) is 33.8 Å². The van der Waals surface area contributed by atoms with E-state index in [1.54, 1.807) is 33.8 Å². The van der Waals surface area contributed by atoms with Gasteiger partial charge in [-0.25, -0.2) is 4.79 Å². The molecular formula is C17H20Cl2O5. The second-order valence-electron chi connectivity index (χ2n) is 5.79. The van der Waals surface area contributed by atoms with Crippen molar-refractivity contribution in [2.45, 2.75) is 52.2 Å². The molecule has 0 aliphatic rings. The van der Waals surface area contributed by atoms with E-state index in [2.05, 4.69) is 0 Å². The van der Waals surface area contributed by atoms with Crippen molar-refractivity contribution in [3.8, 4) is 0 Å². The average molecular weight is 375 g/mol. The number of hydrogen-bond donors (Lipinski definition) is 0. The van der Waals surface area contributed by atoms with Gasteiger partial charge in [-0.2, -0.15) is 0 Å². The van der Waals surface area contributed by atoms with E-state index in [0.29, 0.717) is 10.6 Å². The van der Waals surface area contributed by atoms with Crippen molar-refractivity contribution in [2.75, 3.05) is 0 Å². The van der Waals surface area contributed by atoms with Crippen LogP contribution in [0.2, 0.25) is 10.0 Å². The second kappa shape index (κ2) is 9.04. The highest BCUT2D eigenvalue weighted by Crippen LogP contribution is 2.29. The van der Waals surface area contributed by atoms with Gasteiger partial charge in [0, 0.05) is 6.42 Å². The number of ketones is 1. The molecule has 0 fully saturated rings. The summed E-state index contributed by atoms with van der Waals surface area (Å²) in [5.74, 6) is -3.36. The molecule has 0 amide bonds. The predicted molar refractivity (Wildman–Crippen MR) is 91.3 cm³/mol. The third-order valence-corrected chi connectivity index (χ3v) is 3.68. The maximum absolute atomic E-state index is 12.3. The van der Waals surface area contributed by atoms with Gasteiger partial charge in [0.1, 0.15) is 0 Å². The normalized spacial score (nSPS) is 12.2. The Hall–Kier alpha value is -1.59. The van der Waals surface area contributed by atoms with Crippen molar-refractivity contribution < 1.29 is 23.9 Å². The second-order valence-corrected chi connectivity index (χ2v) is 6.61. The van der Waals surface area contributed by atoms with Crippen LogP contribution in [0.3, 0.4) is 0 Å². The quantitative estimate of drug-likeness (QED) is 0.533. The van der Waals surface area contributed by atoms with Gasteiger partial charge in [0.15, 0.2) is 0 Å². The highest BCUT2D eigenvalue weighted by atomic mass is 35.5. The molecule has 1 aromatic rings. The van der Waals surface area contributed by atoms with E-state index in [4.69, 9.17) is 32.7 Å². The van der Waals surface area contributed by atoms with E-state index in [9.17, 15) is 14.4 Å². The third kappa shape index (κ3) is 6.13. The topological polar surface area (TPSA) is 69.7 Å². The molecule has 0 aliphatic carbocycles. The fraction of sp³-hybridized carbons (Fsp3) is 0.471. The number of carbonyl (C=O) groups excluding carboxylic acids is 3. The van der Waals surface area contributed by atoms with Gasteiger partial charge in [0.05, 0.1) is 28.2 Å². The minimum Gasteiger partial charge on any atom is -0.462 e. The molecule has 0 saturated heterocycles. The Kier molecular flexibility index (Phi) is 7.70. The maximum atomic E-state index is 12.3. The van der Waals surface area contributed by atoms with Crippen LogP contribution in [0.25, 0.3) is 0 Å². The monoisotopic (exact) mass is 374 g/mol. The summed E-state index contributed by atoms with van der Waals surface area (Å²) in [7, 11) is 0. The molecule has 1 atom stereocenters. The zero-order chi connectivity index (χ0) is 18.4. The fourth-order valence-electron chi connectivity index (χ4n) is 1.93. The summed E-state index contributed by atoms with van der Waals surface area (Å²) in [5, 5.41) is 0.565. The number of benzene rings is 1. The standard InChI is InChI=1S/C17H20Cl2O5/c1-9(2)23-16(21)12(8-15(20)17(22)24-10(3)4)11-5-6-13(18)14(19)7-11/h5-7,9-10,12H,8H2,1-4H3. The first kappa shape index (κ1) is 20.5. The number of Topliss-reactive ketones (excluding diaryl/α,β-unsaturated/α-hetero) is 1.